The van der Waals surface area contributed by atoms with E-state index in [1.807, 2.05) is 0 Å². The third-order valence-corrected chi connectivity index (χ3v) is 3.80. The Labute approximate surface area is 96.8 Å². The Bertz CT molecular complexity index is 276. The number of nitrogens with zero attached hydrogens (tertiary/aromatic N) is 1. The van der Waals surface area contributed by atoms with Crippen LogP contribution in [0.15, 0.2) is 0 Å². The first-order valence-electron chi connectivity index (χ1n) is 6.20. The maximum Gasteiger partial charge on any atom is 0.338 e. The van der Waals surface area contributed by atoms with Gasteiger partial charge in [-0.05, 0) is 13.8 Å². The number of carbonyl (C=O) groups is 1. The van der Waals surface area contributed by atoms with E-state index >= 15 is 0 Å². The predicted octanol–water partition coefficient (Wildman–Crippen LogP) is 0.683. The van der Waals surface area contributed by atoms with Crippen molar-refractivity contribution in [2.24, 2.45) is 0 Å². The second-order valence-electron chi connectivity index (χ2n) is 5.78. The van der Waals surface area contributed by atoms with Crippen LogP contribution in [-0.4, -0.2) is 53.4 Å². The van der Waals surface area contributed by atoms with E-state index in [1.54, 1.807) is 0 Å². The molecule has 16 heavy (non-hydrogen) atoms. The van der Waals surface area contributed by atoms with Gasteiger partial charge in [-0.1, -0.05) is 0 Å². The van der Waals surface area contributed by atoms with Gasteiger partial charge < -0.3 is 14.3 Å². The zero-order valence-electron chi connectivity index (χ0n) is 10.2. The van der Waals surface area contributed by atoms with Crippen molar-refractivity contribution >= 4 is 5.97 Å². The fraction of sp³-hybridized carbons (Fsp3) is 0.917. The minimum absolute atomic E-state index is 0.0111. The molecule has 0 amide bonds. The lowest BCUT2D eigenvalue weighted by Gasteiger charge is -2.28. The average Bonchev–Trinajstić information content (AvgIpc) is 2.77. The number of quaternary nitrogens is 1. The van der Waals surface area contributed by atoms with Gasteiger partial charge >= 0.3 is 5.97 Å². The van der Waals surface area contributed by atoms with Gasteiger partial charge in [-0.25, -0.2) is 4.79 Å². The fourth-order valence-electron chi connectivity index (χ4n) is 2.84. The topological polar surface area (TPSA) is 46.5 Å². The number of hydrogen-bond acceptors (Lipinski definition) is 3. The van der Waals surface area contributed by atoms with E-state index in [4.69, 9.17) is 4.74 Å². The second kappa shape index (κ2) is 4.00. The van der Waals surface area contributed by atoms with E-state index in [0.717, 1.165) is 24.0 Å². The van der Waals surface area contributed by atoms with Crippen LogP contribution in [0.1, 0.15) is 33.1 Å². The van der Waals surface area contributed by atoms with Crippen molar-refractivity contribution < 1.29 is 19.1 Å². The zero-order valence-corrected chi connectivity index (χ0v) is 10.2. The number of hydrogen-bond donors (Lipinski definition) is 1. The first kappa shape index (κ1) is 11.9. The highest BCUT2D eigenvalue weighted by molar-refractivity contribution is 5.78. The van der Waals surface area contributed by atoms with Crippen molar-refractivity contribution in [2.75, 3.05) is 26.2 Å². The molecule has 0 bridgehead atoms. The average molecular weight is 228 g/mol. The van der Waals surface area contributed by atoms with E-state index in [9.17, 15) is 9.90 Å². The zero-order chi connectivity index (χ0) is 11.8. The van der Waals surface area contributed by atoms with Gasteiger partial charge in [-0.2, -0.15) is 0 Å². The van der Waals surface area contributed by atoms with Gasteiger partial charge in [-0.15, -0.1) is 0 Å². The Kier molecular flexibility index (Phi) is 2.97. The van der Waals surface area contributed by atoms with E-state index in [-0.39, 0.29) is 6.10 Å². The van der Waals surface area contributed by atoms with Crippen molar-refractivity contribution in [1.29, 1.82) is 0 Å². The van der Waals surface area contributed by atoms with Crippen LogP contribution in [0.25, 0.3) is 0 Å². The van der Waals surface area contributed by atoms with Crippen molar-refractivity contribution in [1.82, 2.24) is 0 Å². The molecule has 2 aliphatic rings. The maximum absolute atomic E-state index is 11.5. The second-order valence-corrected chi connectivity index (χ2v) is 5.78. The monoisotopic (exact) mass is 228 g/mol. The van der Waals surface area contributed by atoms with Crippen LogP contribution in [0.5, 0.6) is 0 Å². The highest BCUT2D eigenvalue weighted by atomic mass is 16.6. The quantitative estimate of drug-likeness (QED) is 0.558. The molecule has 2 fully saturated rings. The smallest absolute Gasteiger partial charge is 0.338 e. The van der Waals surface area contributed by atoms with Gasteiger partial charge in [0.1, 0.15) is 6.54 Å². The summed E-state index contributed by atoms with van der Waals surface area (Å²) >= 11 is 0. The molecule has 2 heterocycles. The van der Waals surface area contributed by atoms with Crippen LogP contribution in [0.2, 0.25) is 0 Å². The number of ether oxygens (including phenoxy) is 1. The standard InChI is InChI=1S/C12H22NO3/c1-12(2,15)11(14)16-10-5-8-13(9-10)6-3-4-7-13/h10,15H,3-9H2,1-2H3/q+1. The summed E-state index contributed by atoms with van der Waals surface area (Å²) < 4.78 is 6.49. The summed E-state index contributed by atoms with van der Waals surface area (Å²) in [5.74, 6) is -0.489. The largest absolute Gasteiger partial charge is 0.454 e. The number of carbonyl (C=O) groups excluding carboxylic acids is 1. The molecule has 0 saturated carbocycles. The molecule has 4 nitrogen and oxygen atoms in total. The molecule has 92 valence electrons. The molecule has 0 aromatic carbocycles. The van der Waals surface area contributed by atoms with Crippen molar-refractivity contribution in [3.63, 3.8) is 0 Å². The Morgan fingerprint density at radius 1 is 1.31 bits per heavy atom. The third-order valence-electron chi connectivity index (χ3n) is 3.80. The van der Waals surface area contributed by atoms with E-state index in [2.05, 4.69) is 0 Å². The van der Waals surface area contributed by atoms with Gasteiger partial charge in [-0.3, -0.25) is 0 Å². The number of rotatable bonds is 2. The van der Waals surface area contributed by atoms with Crippen LogP contribution in [0.4, 0.5) is 0 Å². The molecular weight excluding hydrogens is 206 g/mol. The molecule has 0 aliphatic carbocycles. The molecule has 0 aromatic heterocycles. The Balaban J connectivity index is 1.87. The molecule has 2 rings (SSSR count). The first-order valence-corrected chi connectivity index (χ1v) is 6.20. The summed E-state index contributed by atoms with van der Waals surface area (Å²) in [6.45, 7) is 7.49. The first-order chi connectivity index (χ1) is 7.41. The summed E-state index contributed by atoms with van der Waals surface area (Å²) in [7, 11) is 0. The minimum Gasteiger partial charge on any atom is -0.454 e. The molecule has 2 aliphatic heterocycles. The maximum atomic E-state index is 11.5. The lowest BCUT2D eigenvalue weighted by Crippen LogP contribution is -2.44. The van der Waals surface area contributed by atoms with E-state index in [0.29, 0.717) is 0 Å². The number of aliphatic hydroxyl groups is 1. The van der Waals surface area contributed by atoms with Crippen LogP contribution >= 0.6 is 0 Å². The fourth-order valence-corrected chi connectivity index (χ4v) is 2.84. The summed E-state index contributed by atoms with van der Waals surface area (Å²) in [6, 6.07) is 0. The summed E-state index contributed by atoms with van der Waals surface area (Å²) in [5, 5.41) is 9.52. The molecular formula is C12H22NO3+. The summed E-state index contributed by atoms with van der Waals surface area (Å²) in [5.41, 5.74) is -1.36. The van der Waals surface area contributed by atoms with E-state index in [1.165, 1.54) is 39.8 Å². The third kappa shape index (κ3) is 2.38. The molecule has 1 unspecified atom stereocenters. The Morgan fingerprint density at radius 2 is 1.94 bits per heavy atom. The van der Waals surface area contributed by atoms with Crippen LogP contribution in [0, 0.1) is 0 Å². The highest BCUT2D eigenvalue weighted by Gasteiger charge is 2.43. The van der Waals surface area contributed by atoms with Crippen LogP contribution in [0.3, 0.4) is 0 Å². The van der Waals surface area contributed by atoms with Gasteiger partial charge in [0.05, 0.1) is 19.6 Å². The summed E-state index contributed by atoms with van der Waals surface area (Å²) in [6.07, 6.45) is 3.55. The lowest BCUT2D eigenvalue weighted by atomic mass is 10.1. The van der Waals surface area contributed by atoms with Crippen molar-refractivity contribution in [2.45, 2.75) is 44.8 Å². The highest BCUT2D eigenvalue weighted by Crippen LogP contribution is 2.28. The molecule has 1 atom stereocenters. The minimum atomic E-state index is -1.36. The van der Waals surface area contributed by atoms with Gasteiger partial charge in [0.25, 0.3) is 0 Å². The summed E-state index contributed by atoms with van der Waals surface area (Å²) in [4.78, 5) is 11.5. The molecule has 1 spiro atoms. The molecule has 2 saturated heterocycles. The van der Waals surface area contributed by atoms with Crippen molar-refractivity contribution in [3.05, 3.63) is 0 Å². The number of esters is 1. The normalized spacial score (nSPS) is 28.6. The predicted molar refractivity (Wildman–Crippen MR) is 59.8 cm³/mol. The van der Waals surface area contributed by atoms with Crippen molar-refractivity contribution in [3.8, 4) is 0 Å². The van der Waals surface area contributed by atoms with E-state index < -0.39 is 11.6 Å². The van der Waals surface area contributed by atoms with Crippen LogP contribution < -0.4 is 0 Å². The molecule has 0 radical (unpaired) electrons. The molecule has 0 aromatic rings. The Hall–Kier alpha value is -0.610. The van der Waals surface area contributed by atoms with Gasteiger partial charge in [0.15, 0.2) is 11.7 Å². The van der Waals surface area contributed by atoms with Crippen LogP contribution in [-0.2, 0) is 9.53 Å². The molecule has 1 N–H and O–H groups in total. The van der Waals surface area contributed by atoms with Gasteiger partial charge in [0, 0.05) is 19.3 Å². The Morgan fingerprint density at radius 3 is 2.50 bits per heavy atom. The SMILES string of the molecule is CC(C)(O)C(=O)OC1CC[N+]2(CCCC2)C1. The van der Waals surface area contributed by atoms with Gasteiger partial charge in [0.2, 0.25) is 0 Å². The lowest BCUT2D eigenvalue weighted by molar-refractivity contribution is -0.906. The molecule has 4 heteroatoms.